The first kappa shape index (κ1) is 17.7. The molecule has 0 atom stereocenters. The molecule has 0 aliphatic carbocycles. The lowest BCUT2D eigenvalue weighted by Crippen LogP contribution is -2.49. The zero-order valence-corrected chi connectivity index (χ0v) is 14.9. The van der Waals surface area contributed by atoms with Crippen LogP contribution in [0.2, 0.25) is 5.02 Å². The Bertz CT molecular complexity index is 760. The number of urea groups is 1. The van der Waals surface area contributed by atoms with E-state index in [1.165, 1.54) is 11.6 Å². The molecule has 3 rings (SSSR count). The number of hydrogen-bond donors (Lipinski definition) is 1. The predicted molar refractivity (Wildman–Crippen MR) is 98.5 cm³/mol. The smallest absolute Gasteiger partial charge is 0.321 e. The van der Waals surface area contributed by atoms with E-state index < -0.39 is 0 Å². The summed E-state index contributed by atoms with van der Waals surface area (Å²) in [4.78, 5) is 16.4. The fraction of sp³-hybridized carbons (Fsp3) is 0.316. The average Bonchev–Trinajstić information content (AvgIpc) is 2.59. The number of nitrogens with zero attached hydrogens (tertiary/aromatic N) is 2. The highest BCUT2D eigenvalue weighted by atomic mass is 35.5. The van der Waals surface area contributed by atoms with Gasteiger partial charge in [-0.1, -0.05) is 29.8 Å². The first-order chi connectivity index (χ1) is 12.0. The average molecular weight is 362 g/mol. The van der Waals surface area contributed by atoms with Gasteiger partial charge in [-0.15, -0.1) is 0 Å². The van der Waals surface area contributed by atoms with E-state index in [1.807, 2.05) is 18.2 Å². The summed E-state index contributed by atoms with van der Waals surface area (Å²) < 4.78 is 13.6. The molecule has 0 spiro atoms. The maximum absolute atomic E-state index is 13.6. The number of piperazine rings is 1. The molecular weight excluding hydrogens is 341 g/mol. The van der Waals surface area contributed by atoms with Crippen LogP contribution in [0.3, 0.4) is 0 Å². The monoisotopic (exact) mass is 361 g/mol. The number of amides is 2. The number of nitrogens with one attached hydrogen (secondary N) is 1. The Morgan fingerprint density at radius 3 is 2.60 bits per heavy atom. The Morgan fingerprint density at radius 2 is 1.92 bits per heavy atom. The number of halogens is 2. The fourth-order valence-electron chi connectivity index (χ4n) is 2.88. The third-order valence-corrected chi connectivity index (χ3v) is 4.61. The van der Waals surface area contributed by atoms with Crippen LogP contribution in [0.4, 0.5) is 14.9 Å². The molecule has 1 N–H and O–H groups in total. The molecule has 2 aromatic rings. The molecule has 6 heteroatoms. The van der Waals surface area contributed by atoms with Crippen molar-refractivity contribution in [2.45, 2.75) is 13.5 Å². The number of carbonyl (C=O) groups excluding carboxylic acids is 1. The second-order valence-electron chi connectivity index (χ2n) is 6.29. The summed E-state index contributed by atoms with van der Waals surface area (Å²) in [6.07, 6.45) is 0. The fourth-order valence-corrected chi connectivity index (χ4v) is 3.09. The zero-order chi connectivity index (χ0) is 17.8. The predicted octanol–water partition coefficient (Wildman–Crippen LogP) is 4.14. The number of rotatable bonds is 3. The maximum Gasteiger partial charge on any atom is 0.321 e. The van der Waals surface area contributed by atoms with Gasteiger partial charge in [-0.2, -0.15) is 0 Å². The Kier molecular flexibility index (Phi) is 5.56. The lowest BCUT2D eigenvalue weighted by molar-refractivity contribution is 0.143. The van der Waals surface area contributed by atoms with Gasteiger partial charge in [0.25, 0.3) is 0 Å². The van der Waals surface area contributed by atoms with Gasteiger partial charge in [0.15, 0.2) is 0 Å². The van der Waals surface area contributed by atoms with Crippen molar-refractivity contribution in [1.82, 2.24) is 9.80 Å². The lowest BCUT2D eigenvalue weighted by Gasteiger charge is -2.34. The number of anilines is 1. The number of aryl methyl sites for hydroxylation is 1. The van der Waals surface area contributed by atoms with E-state index in [2.05, 4.69) is 16.3 Å². The van der Waals surface area contributed by atoms with Crippen molar-refractivity contribution in [3.05, 3.63) is 64.4 Å². The molecule has 1 aliphatic heterocycles. The van der Waals surface area contributed by atoms with Gasteiger partial charge in [0.2, 0.25) is 0 Å². The summed E-state index contributed by atoms with van der Waals surface area (Å²) in [6.45, 7) is 5.38. The van der Waals surface area contributed by atoms with Crippen molar-refractivity contribution >= 4 is 23.3 Å². The van der Waals surface area contributed by atoms with Gasteiger partial charge in [0.05, 0.1) is 0 Å². The normalized spacial score (nSPS) is 15.2. The van der Waals surface area contributed by atoms with Crippen LogP contribution in [-0.4, -0.2) is 42.0 Å². The molecule has 1 fully saturated rings. The Labute approximate surface area is 152 Å². The maximum atomic E-state index is 13.6. The van der Waals surface area contributed by atoms with E-state index >= 15 is 0 Å². The molecule has 1 saturated heterocycles. The van der Waals surface area contributed by atoms with Gasteiger partial charge in [0, 0.05) is 43.4 Å². The number of carbonyl (C=O) groups is 1. The second-order valence-corrected chi connectivity index (χ2v) is 6.72. The summed E-state index contributed by atoms with van der Waals surface area (Å²) in [5, 5.41) is 3.50. The van der Waals surface area contributed by atoms with Crippen molar-refractivity contribution in [2.75, 3.05) is 31.5 Å². The molecule has 132 valence electrons. The molecule has 1 heterocycles. The van der Waals surface area contributed by atoms with Crippen molar-refractivity contribution in [1.29, 1.82) is 0 Å². The summed E-state index contributed by atoms with van der Waals surface area (Å²) in [6, 6.07) is 12.4. The molecule has 0 bridgehead atoms. The Morgan fingerprint density at radius 1 is 1.16 bits per heavy atom. The molecule has 1 aliphatic rings. The largest absolute Gasteiger partial charge is 0.322 e. The van der Waals surface area contributed by atoms with E-state index in [-0.39, 0.29) is 11.8 Å². The molecule has 2 amide bonds. The van der Waals surface area contributed by atoms with Crippen LogP contribution in [-0.2, 0) is 6.54 Å². The number of benzene rings is 2. The van der Waals surface area contributed by atoms with Crippen LogP contribution in [0, 0.1) is 12.7 Å². The molecule has 4 nitrogen and oxygen atoms in total. The third kappa shape index (κ3) is 4.71. The standard InChI is InChI=1S/C19H21ClFN3O/c1-14-5-6-17(12-18(14)21)22-19(25)24-9-7-23(8-10-24)13-15-3-2-4-16(20)11-15/h2-6,11-12H,7-10,13H2,1H3,(H,22,25). The second kappa shape index (κ2) is 7.85. The van der Waals surface area contributed by atoms with E-state index in [0.29, 0.717) is 24.3 Å². The van der Waals surface area contributed by atoms with Crippen LogP contribution >= 0.6 is 11.6 Å². The van der Waals surface area contributed by atoms with Crippen LogP contribution < -0.4 is 5.32 Å². The minimum absolute atomic E-state index is 0.189. The molecular formula is C19H21ClFN3O. The highest BCUT2D eigenvalue weighted by molar-refractivity contribution is 6.30. The van der Waals surface area contributed by atoms with Gasteiger partial charge in [-0.3, -0.25) is 4.90 Å². The first-order valence-corrected chi connectivity index (χ1v) is 8.68. The summed E-state index contributed by atoms with van der Waals surface area (Å²) >= 11 is 6.02. The Balaban J connectivity index is 1.51. The van der Waals surface area contributed by atoms with Crippen LogP contribution in [0.1, 0.15) is 11.1 Å². The van der Waals surface area contributed by atoms with E-state index in [9.17, 15) is 9.18 Å². The van der Waals surface area contributed by atoms with Crippen molar-refractivity contribution in [2.24, 2.45) is 0 Å². The van der Waals surface area contributed by atoms with Gasteiger partial charge in [0.1, 0.15) is 5.82 Å². The quantitative estimate of drug-likeness (QED) is 0.891. The van der Waals surface area contributed by atoms with Gasteiger partial charge < -0.3 is 10.2 Å². The van der Waals surface area contributed by atoms with Crippen molar-refractivity contribution in [3.8, 4) is 0 Å². The Hall–Kier alpha value is -2.11. The van der Waals surface area contributed by atoms with E-state index in [4.69, 9.17) is 11.6 Å². The molecule has 0 radical (unpaired) electrons. The van der Waals surface area contributed by atoms with Gasteiger partial charge in [-0.25, -0.2) is 9.18 Å². The zero-order valence-electron chi connectivity index (χ0n) is 14.1. The van der Waals surface area contributed by atoms with Crippen molar-refractivity contribution in [3.63, 3.8) is 0 Å². The molecule has 25 heavy (non-hydrogen) atoms. The highest BCUT2D eigenvalue weighted by Crippen LogP contribution is 2.16. The minimum atomic E-state index is -0.316. The molecule has 0 saturated carbocycles. The summed E-state index contributed by atoms with van der Waals surface area (Å²) in [5.74, 6) is -0.316. The minimum Gasteiger partial charge on any atom is -0.322 e. The lowest BCUT2D eigenvalue weighted by atomic mass is 10.2. The highest BCUT2D eigenvalue weighted by Gasteiger charge is 2.21. The van der Waals surface area contributed by atoms with E-state index in [1.54, 1.807) is 24.0 Å². The number of hydrogen-bond acceptors (Lipinski definition) is 2. The summed E-state index contributed by atoms with van der Waals surface area (Å²) in [7, 11) is 0. The van der Waals surface area contributed by atoms with Gasteiger partial charge in [-0.05, 0) is 42.3 Å². The third-order valence-electron chi connectivity index (χ3n) is 4.38. The molecule has 2 aromatic carbocycles. The molecule has 0 unspecified atom stereocenters. The first-order valence-electron chi connectivity index (χ1n) is 8.30. The SMILES string of the molecule is Cc1ccc(NC(=O)N2CCN(Cc3cccc(Cl)c3)CC2)cc1F. The van der Waals surface area contributed by atoms with Crippen LogP contribution in [0.25, 0.3) is 0 Å². The van der Waals surface area contributed by atoms with E-state index in [0.717, 1.165) is 24.7 Å². The van der Waals surface area contributed by atoms with Gasteiger partial charge >= 0.3 is 6.03 Å². The summed E-state index contributed by atoms with van der Waals surface area (Å²) in [5.41, 5.74) is 2.21. The van der Waals surface area contributed by atoms with Crippen LogP contribution in [0.15, 0.2) is 42.5 Å². The van der Waals surface area contributed by atoms with Crippen LogP contribution in [0.5, 0.6) is 0 Å². The topological polar surface area (TPSA) is 35.6 Å². The van der Waals surface area contributed by atoms with Crippen molar-refractivity contribution < 1.29 is 9.18 Å². The molecule has 0 aromatic heterocycles.